The Balaban J connectivity index is 1.91. The van der Waals surface area contributed by atoms with Gasteiger partial charge >= 0.3 is 0 Å². The number of hydrogen-bond acceptors (Lipinski definition) is 2. The normalized spacial score (nSPS) is 25.6. The third kappa shape index (κ3) is 2.26. The van der Waals surface area contributed by atoms with E-state index in [1.165, 1.54) is 37.8 Å². The van der Waals surface area contributed by atoms with Gasteiger partial charge in [0.15, 0.2) is 0 Å². The number of para-hydroxylation sites is 1. The summed E-state index contributed by atoms with van der Waals surface area (Å²) in [7, 11) is 0. The largest absolute Gasteiger partial charge is 0.388 e. The summed E-state index contributed by atoms with van der Waals surface area (Å²) in [6.45, 7) is 1.11. The van der Waals surface area contributed by atoms with Gasteiger partial charge in [-0.15, -0.1) is 0 Å². The molecule has 0 amide bonds. The zero-order valence-corrected chi connectivity index (χ0v) is 11.0. The van der Waals surface area contributed by atoms with Crippen LogP contribution in [0.3, 0.4) is 0 Å². The minimum Gasteiger partial charge on any atom is -0.388 e. The van der Waals surface area contributed by atoms with Crippen LogP contribution < -0.4 is 4.90 Å². The summed E-state index contributed by atoms with van der Waals surface area (Å²) in [6.07, 6.45) is 8.52. The van der Waals surface area contributed by atoms with E-state index < -0.39 is 0 Å². The molecule has 98 valence electrons. The van der Waals surface area contributed by atoms with Gasteiger partial charge in [-0.2, -0.15) is 0 Å². The molecule has 1 fully saturated rings. The minimum absolute atomic E-state index is 0.269. The molecule has 18 heavy (non-hydrogen) atoms. The molecule has 1 aliphatic carbocycles. The van der Waals surface area contributed by atoms with Crippen molar-refractivity contribution in [2.45, 2.75) is 57.1 Å². The fourth-order valence-corrected chi connectivity index (χ4v) is 3.53. The summed E-state index contributed by atoms with van der Waals surface area (Å²) in [5.74, 6) is 0. The van der Waals surface area contributed by atoms with E-state index in [1.807, 2.05) is 6.07 Å². The van der Waals surface area contributed by atoms with Crippen LogP contribution in [0.25, 0.3) is 0 Å². The second-order valence-corrected chi connectivity index (χ2v) is 5.70. The van der Waals surface area contributed by atoms with Crippen LogP contribution in [0.15, 0.2) is 24.3 Å². The van der Waals surface area contributed by atoms with Crippen LogP contribution in [0, 0.1) is 0 Å². The lowest BCUT2D eigenvalue weighted by Crippen LogP contribution is -2.37. The zero-order chi connectivity index (χ0) is 12.4. The molecule has 0 saturated heterocycles. The third-order valence-corrected chi connectivity index (χ3v) is 4.50. The molecule has 2 heteroatoms. The SMILES string of the molecule is OC1CCCN(C2CCCCC2)c2ccccc21. The number of rotatable bonds is 1. The van der Waals surface area contributed by atoms with Crippen LogP contribution in [-0.2, 0) is 0 Å². The van der Waals surface area contributed by atoms with E-state index in [0.29, 0.717) is 6.04 Å². The Hall–Kier alpha value is -1.02. The van der Waals surface area contributed by atoms with Crippen LogP contribution in [0.2, 0.25) is 0 Å². The number of fused-ring (bicyclic) bond motifs is 1. The first-order chi connectivity index (χ1) is 8.86. The quantitative estimate of drug-likeness (QED) is 0.816. The van der Waals surface area contributed by atoms with Gasteiger partial charge in [-0.25, -0.2) is 0 Å². The summed E-state index contributed by atoms with van der Waals surface area (Å²) < 4.78 is 0. The van der Waals surface area contributed by atoms with Crippen molar-refractivity contribution in [1.82, 2.24) is 0 Å². The topological polar surface area (TPSA) is 23.5 Å². The molecule has 1 N–H and O–H groups in total. The maximum atomic E-state index is 10.2. The summed E-state index contributed by atoms with van der Waals surface area (Å²) in [6, 6.07) is 9.14. The Morgan fingerprint density at radius 3 is 2.56 bits per heavy atom. The van der Waals surface area contributed by atoms with E-state index in [9.17, 15) is 5.11 Å². The first-order valence-corrected chi connectivity index (χ1v) is 7.40. The Morgan fingerprint density at radius 2 is 1.72 bits per heavy atom. The first-order valence-electron chi connectivity index (χ1n) is 7.40. The molecule has 0 spiro atoms. The summed E-state index contributed by atoms with van der Waals surface area (Å²) in [5, 5.41) is 10.2. The van der Waals surface area contributed by atoms with Gasteiger partial charge in [0.25, 0.3) is 0 Å². The van der Waals surface area contributed by atoms with Gasteiger partial charge in [-0.3, -0.25) is 0 Å². The van der Waals surface area contributed by atoms with Crippen LogP contribution in [0.1, 0.15) is 56.6 Å². The molecule has 1 heterocycles. The van der Waals surface area contributed by atoms with Gasteiger partial charge in [0.05, 0.1) is 6.10 Å². The lowest BCUT2D eigenvalue weighted by Gasteiger charge is -2.36. The van der Waals surface area contributed by atoms with E-state index >= 15 is 0 Å². The van der Waals surface area contributed by atoms with Crippen molar-refractivity contribution in [2.24, 2.45) is 0 Å². The van der Waals surface area contributed by atoms with Crippen molar-refractivity contribution in [2.75, 3.05) is 11.4 Å². The molecule has 2 aliphatic rings. The molecule has 1 unspecified atom stereocenters. The van der Waals surface area contributed by atoms with E-state index in [4.69, 9.17) is 0 Å². The van der Waals surface area contributed by atoms with Crippen molar-refractivity contribution < 1.29 is 5.11 Å². The molecule has 2 nitrogen and oxygen atoms in total. The van der Waals surface area contributed by atoms with E-state index in [1.54, 1.807) is 0 Å². The van der Waals surface area contributed by atoms with E-state index in [-0.39, 0.29) is 6.10 Å². The van der Waals surface area contributed by atoms with Crippen molar-refractivity contribution in [1.29, 1.82) is 0 Å². The summed E-state index contributed by atoms with van der Waals surface area (Å²) in [5.41, 5.74) is 2.43. The Bertz CT molecular complexity index is 398. The average molecular weight is 245 g/mol. The van der Waals surface area contributed by atoms with Gasteiger partial charge in [0.2, 0.25) is 0 Å². The molecule has 1 saturated carbocycles. The number of nitrogens with zero attached hydrogens (tertiary/aromatic N) is 1. The van der Waals surface area contributed by atoms with Gasteiger partial charge in [0, 0.05) is 23.8 Å². The number of benzene rings is 1. The average Bonchev–Trinajstić information content (AvgIpc) is 2.60. The molecule has 3 rings (SSSR count). The van der Waals surface area contributed by atoms with E-state index in [0.717, 1.165) is 24.9 Å². The van der Waals surface area contributed by atoms with E-state index in [2.05, 4.69) is 23.1 Å². The van der Waals surface area contributed by atoms with Crippen LogP contribution >= 0.6 is 0 Å². The molecular formula is C16H23NO. The summed E-state index contributed by atoms with van der Waals surface area (Å²) >= 11 is 0. The van der Waals surface area contributed by atoms with Gasteiger partial charge in [-0.05, 0) is 31.7 Å². The monoisotopic (exact) mass is 245 g/mol. The van der Waals surface area contributed by atoms with Gasteiger partial charge in [0.1, 0.15) is 0 Å². The van der Waals surface area contributed by atoms with Crippen molar-refractivity contribution in [3.63, 3.8) is 0 Å². The summed E-state index contributed by atoms with van der Waals surface area (Å²) in [4.78, 5) is 2.57. The maximum Gasteiger partial charge on any atom is 0.0810 e. The smallest absolute Gasteiger partial charge is 0.0810 e. The third-order valence-electron chi connectivity index (χ3n) is 4.50. The number of aliphatic hydroxyl groups is 1. The van der Waals surface area contributed by atoms with Gasteiger partial charge < -0.3 is 10.0 Å². The highest BCUT2D eigenvalue weighted by atomic mass is 16.3. The predicted octanol–water partition coefficient (Wildman–Crippen LogP) is 3.65. The molecular weight excluding hydrogens is 222 g/mol. The fourth-order valence-electron chi connectivity index (χ4n) is 3.53. The zero-order valence-electron chi connectivity index (χ0n) is 11.0. The lowest BCUT2D eigenvalue weighted by molar-refractivity contribution is 0.168. The maximum absolute atomic E-state index is 10.2. The standard InChI is InChI=1S/C16H23NO/c18-16-11-6-12-17(13-7-2-1-3-8-13)15-10-5-4-9-14(15)16/h4-5,9-10,13,16,18H,1-3,6-8,11-12H2. The molecule has 1 aromatic carbocycles. The number of anilines is 1. The minimum atomic E-state index is -0.269. The second-order valence-electron chi connectivity index (χ2n) is 5.70. The van der Waals surface area contributed by atoms with Crippen molar-refractivity contribution in [3.05, 3.63) is 29.8 Å². The Kier molecular flexibility index (Phi) is 3.55. The van der Waals surface area contributed by atoms with Crippen molar-refractivity contribution in [3.8, 4) is 0 Å². The molecule has 0 radical (unpaired) electrons. The van der Waals surface area contributed by atoms with Gasteiger partial charge in [-0.1, -0.05) is 37.5 Å². The predicted molar refractivity (Wildman–Crippen MR) is 74.9 cm³/mol. The van der Waals surface area contributed by atoms with Crippen molar-refractivity contribution >= 4 is 5.69 Å². The van der Waals surface area contributed by atoms with Crippen LogP contribution in [-0.4, -0.2) is 17.7 Å². The second kappa shape index (κ2) is 5.31. The highest BCUT2D eigenvalue weighted by molar-refractivity contribution is 5.56. The Morgan fingerprint density at radius 1 is 0.944 bits per heavy atom. The fraction of sp³-hybridized carbons (Fsp3) is 0.625. The molecule has 1 aliphatic heterocycles. The molecule has 0 bridgehead atoms. The van der Waals surface area contributed by atoms with Crippen LogP contribution in [0.5, 0.6) is 0 Å². The molecule has 0 aromatic heterocycles. The first kappa shape index (κ1) is 12.0. The molecule has 1 atom stereocenters. The molecule has 1 aromatic rings. The highest BCUT2D eigenvalue weighted by Crippen LogP contribution is 2.36. The highest BCUT2D eigenvalue weighted by Gasteiger charge is 2.26. The number of aliphatic hydroxyl groups excluding tert-OH is 1. The lowest BCUT2D eigenvalue weighted by atomic mass is 9.93. The number of hydrogen-bond donors (Lipinski definition) is 1. The Labute approximate surface area is 110 Å². The van der Waals surface area contributed by atoms with Crippen LogP contribution in [0.4, 0.5) is 5.69 Å².